The van der Waals surface area contributed by atoms with E-state index in [9.17, 15) is 4.79 Å². The molecule has 1 unspecified atom stereocenters. The first-order valence-electron chi connectivity index (χ1n) is 6.65. The van der Waals surface area contributed by atoms with Crippen LogP contribution in [0.15, 0.2) is 0 Å². The lowest BCUT2D eigenvalue weighted by molar-refractivity contribution is -0.151. The molecule has 0 N–H and O–H groups in total. The SMILES string of the molecule is O=C(CCC1CCCO1)OC1CCCCC1. The highest BCUT2D eigenvalue weighted by Gasteiger charge is 2.20. The number of hydrogen-bond acceptors (Lipinski definition) is 3. The van der Waals surface area contributed by atoms with Gasteiger partial charge in [-0.2, -0.15) is 0 Å². The minimum atomic E-state index is -0.0256. The maximum absolute atomic E-state index is 11.6. The molecule has 0 radical (unpaired) electrons. The molecule has 16 heavy (non-hydrogen) atoms. The summed E-state index contributed by atoms with van der Waals surface area (Å²) in [5.41, 5.74) is 0. The predicted molar refractivity (Wildman–Crippen MR) is 61.2 cm³/mol. The van der Waals surface area contributed by atoms with Crippen molar-refractivity contribution < 1.29 is 14.3 Å². The van der Waals surface area contributed by atoms with E-state index >= 15 is 0 Å². The third kappa shape index (κ3) is 3.78. The van der Waals surface area contributed by atoms with E-state index in [2.05, 4.69) is 0 Å². The average molecular weight is 226 g/mol. The van der Waals surface area contributed by atoms with Gasteiger partial charge in [0.1, 0.15) is 6.10 Å². The van der Waals surface area contributed by atoms with E-state index in [1.807, 2.05) is 0 Å². The van der Waals surface area contributed by atoms with Crippen LogP contribution in [0.2, 0.25) is 0 Å². The molecule has 92 valence electrons. The maximum Gasteiger partial charge on any atom is 0.306 e. The van der Waals surface area contributed by atoms with E-state index in [1.165, 1.54) is 19.3 Å². The fourth-order valence-corrected chi connectivity index (χ4v) is 2.58. The van der Waals surface area contributed by atoms with Crippen LogP contribution in [-0.4, -0.2) is 24.8 Å². The Morgan fingerprint density at radius 3 is 2.62 bits per heavy atom. The van der Waals surface area contributed by atoms with Gasteiger partial charge in [0, 0.05) is 13.0 Å². The number of hydrogen-bond donors (Lipinski definition) is 0. The van der Waals surface area contributed by atoms with Crippen LogP contribution in [0.25, 0.3) is 0 Å². The topological polar surface area (TPSA) is 35.5 Å². The molecule has 1 saturated carbocycles. The lowest BCUT2D eigenvalue weighted by Gasteiger charge is -2.22. The van der Waals surface area contributed by atoms with Crippen LogP contribution < -0.4 is 0 Å². The summed E-state index contributed by atoms with van der Waals surface area (Å²) in [4.78, 5) is 11.6. The second-order valence-electron chi connectivity index (χ2n) is 4.92. The highest BCUT2D eigenvalue weighted by molar-refractivity contribution is 5.69. The second-order valence-corrected chi connectivity index (χ2v) is 4.92. The summed E-state index contributed by atoms with van der Waals surface area (Å²) in [7, 11) is 0. The molecular formula is C13H22O3. The van der Waals surface area contributed by atoms with Crippen molar-refractivity contribution in [3.8, 4) is 0 Å². The van der Waals surface area contributed by atoms with E-state index < -0.39 is 0 Å². The molecule has 2 rings (SSSR count). The van der Waals surface area contributed by atoms with E-state index in [-0.39, 0.29) is 12.1 Å². The normalized spacial score (nSPS) is 26.9. The van der Waals surface area contributed by atoms with Gasteiger partial charge in [-0.15, -0.1) is 0 Å². The van der Waals surface area contributed by atoms with Gasteiger partial charge < -0.3 is 9.47 Å². The summed E-state index contributed by atoms with van der Waals surface area (Å²) in [6.07, 6.45) is 9.96. The molecule has 1 atom stereocenters. The Bertz CT molecular complexity index is 215. The van der Waals surface area contributed by atoms with Gasteiger partial charge in [0.25, 0.3) is 0 Å². The second kappa shape index (κ2) is 6.24. The fraction of sp³-hybridized carbons (Fsp3) is 0.923. The van der Waals surface area contributed by atoms with Crippen molar-refractivity contribution >= 4 is 5.97 Å². The predicted octanol–water partition coefficient (Wildman–Crippen LogP) is 2.82. The van der Waals surface area contributed by atoms with Crippen LogP contribution in [0.4, 0.5) is 0 Å². The van der Waals surface area contributed by atoms with E-state index in [0.717, 1.165) is 38.7 Å². The quantitative estimate of drug-likeness (QED) is 0.691. The number of rotatable bonds is 4. The standard InChI is InChI=1S/C13H22O3/c14-13(9-8-11-7-4-10-15-11)16-12-5-2-1-3-6-12/h11-12H,1-10H2. The van der Waals surface area contributed by atoms with Crippen LogP contribution in [0.3, 0.4) is 0 Å². The number of carbonyl (C=O) groups excluding carboxylic acids is 1. The third-order valence-corrected chi connectivity index (χ3v) is 3.54. The molecule has 0 bridgehead atoms. The largest absolute Gasteiger partial charge is 0.462 e. The van der Waals surface area contributed by atoms with Crippen molar-refractivity contribution in [1.29, 1.82) is 0 Å². The van der Waals surface area contributed by atoms with Crippen molar-refractivity contribution in [3.05, 3.63) is 0 Å². The van der Waals surface area contributed by atoms with Gasteiger partial charge >= 0.3 is 5.97 Å². The lowest BCUT2D eigenvalue weighted by Crippen LogP contribution is -2.21. The van der Waals surface area contributed by atoms with E-state index in [4.69, 9.17) is 9.47 Å². The summed E-state index contributed by atoms with van der Waals surface area (Å²) in [6.45, 7) is 0.863. The first-order valence-corrected chi connectivity index (χ1v) is 6.65. The number of ether oxygens (including phenoxy) is 2. The zero-order valence-corrected chi connectivity index (χ0v) is 9.95. The van der Waals surface area contributed by atoms with Crippen LogP contribution in [0.1, 0.15) is 57.8 Å². The summed E-state index contributed by atoms with van der Waals surface area (Å²) >= 11 is 0. The van der Waals surface area contributed by atoms with Gasteiger partial charge in [0.15, 0.2) is 0 Å². The molecule has 0 aromatic heterocycles. The summed E-state index contributed by atoms with van der Waals surface area (Å²) in [5.74, 6) is -0.0256. The van der Waals surface area contributed by atoms with Crippen molar-refractivity contribution in [2.45, 2.75) is 70.0 Å². The van der Waals surface area contributed by atoms with E-state index in [1.54, 1.807) is 0 Å². The Morgan fingerprint density at radius 2 is 1.94 bits per heavy atom. The molecule has 0 aromatic rings. The molecule has 1 saturated heterocycles. The molecule has 1 heterocycles. The highest BCUT2D eigenvalue weighted by Crippen LogP contribution is 2.22. The van der Waals surface area contributed by atoms with Gasteiger partial charge in [-0.1, -0.05) is 6.42 Å². The van der Waals surface area contributed by atoms with Crippen molar-refractivity contribution in [3.63, 3.8) is 0 Å². The van der Waals surface area contributed by atoms with Crippen LogP contribution in [0, 0.1) is 0 Å². The lowest BCUT2D eigenvalue weighted by atomic mass is 9.98. The molecule has 0 amide bonds. The minimum Gasteiger partial charge on any atom is -0.462 e. The van der Waals surface area contributed by atoms with Crippen molar-refractivity contribution in [1.82, 2.24) is 0 Å². The van der Waals surface area contributed by atoms with Gasteiger partial charge in [0.05, 0.1) is 6.10 Å². The fourth-order valence-electron chi connectivity index (χ4n) is 2.58. The smallest absolute Gasteiger partial charge is 0.306 e. The van der Waals surface area contributed by atoms with Gasteiger partial charge in [-0.3, -0.25) is 4.79 Å². The summed E-state index contributed by atoms with van der Waals surface area (Å²) in [5, 5.41) is 0. The zero-order chi connectivity index (χ0) is 11.2. The minimum absolute atomic E-state index is 0.0256. The molecule has 1 aliphatic heterocycles. The molecule has 1 aliphatic carbocycles. The number of esters is 1. The van der Waals surface area contributed by atoms with Crippen LogP contribution in [0.5, 0.6) is 0 Å². The molecule has 0 spiro atoms. The Balaban J connectivity index is 1.59. The summed E-state index contributed by atoms with van der Waals surface area (Å²) < 4.78 is 10.9. The Labute approximate surface area is 97.5 Å². The first-order chi connectivity index (χ1) is 7.84. The molecule has 3 nitrogen and oxygen atoms in total. The number of carbonyl (C=O) groups is 1. The molecule has 0 aromatic carbocycles. The Kier molecular flexibility index (Phi) is 4.64. The van der Waals surface area contributed by atoms with Gasteiger partial charge in [-0.05, 0) is 44.9 Å². The van der Waals surface area contributed by atoms with Crippen LogP contribution >= 0.6 is 0 Å². The highest BCUT2D eigenvalue weighted by atomic mass is 16.5. The van der Waals surface area contributed by atoms with Crippen molar-refractivity contribution in [2.24, 2.45) is 0 Å². The van der Waals surface area contributed by atoms with E-state index in [0.29, 0.717) is 12.5 Å². The first kappa shape index (κ1) is 11.9. The molecule has 2 aliphatic rings. The third-order valence-electron chi connectivity index (χ3n) is 3.54. The molecular weight excluding hydrogens is 204 g/mol. The Morgan fingerprint density at radius 1 is 1.12 bits per heavy atom. The summed E-state index contributed by atoms with van der Waals surface area (Å²) in [6, 6.07) is 0. The van der Waals surface area contributed by atoms with Crippen molar-refractivity contribution in [2.75, 3.05) is 6.61 Å². The monoisotopic (exact) mass is 226 g/mol. The van der Waals surface area contributed by atoms with Gasteiger partial charge in [-0.25, -0.2) is 0 Å². The molecule has 3 heteroatoms. The van der Waals surface area contributed by atoms with Crippen LogP contribution in [-0.2, 0) is 14.3 Å². The maximum atomic E-state index is 11.6. The van der Waals surface area contributed by atoms with Gasteiger partial charge in [0.2, 0.25) is 0 Å². The molecule has 2 fully saturated rings. The zero-order valence-electron chi connectivity index (χ0n) is 9.95. The average Bonchev–Trinajstić information content (AvgIpc) is 2.81. The Hall–Kier alpha value is -0.570.